The van der Waals surface area contributed by atoms with E-state index >= 15 is 0 Å². The number of aromatic amines is 1. The van der Waals surface area contributed by atoms with Gasteiger partial charge in [0, 0.05) is 34.6 Å². The van der Waals surface area contributed by atoms with Gasteiger partial charge in [0.25, 0.3) is 16.9 Å². The molecule has 0 spiro atoms. The van der Waals surface area contributed by atoms with Gasteiger partial charge >= 0.3 is 29.6 Å². The smallest absolute Gasteiger partial charge is 0.871 e. The number of fused-ring (bicyclic) bond motifs is 1. The van der Waals surface area contributed by atoms with Crippen LogP contribution in [0.15, 0.2) is 122 Å². The minimum atomic E-state index is -3.59. The molecular formula is C35H32CrN8NaO10S2+. The van der Waals surface area contributed by atoms with Gasteiger partial charge in [-0.05, 0) is 54.8 Å². The van der Waals surface area contributed by atoms with E-state index in [4.69, 9.17) is 0 Å². The molecule has 1 heterocycles. The van der Waals surface area contributed by atoms with Crippen molar-refractivity contribution in [2.24, 2.45) is 15.3 Å². The maximum Gasteiger partial charge on any atom is 1.00 e. The third kappa shape index (κ3) is 11.1. The summed E-state index contributed by atoms with van der Waals surface area (Å²) in [6.07, 6.45) is 1.00. The number of aryl methyl sites for hydroxylation is 1. The normalized spacial score (nSPS) is 11.4. The fourth-order valence-corrected chi connectivity index (χ4v) is 6.52. The molecule has 5 aromatic carbocycles. The number of H-pyrrole nitrogens is 1. The zero-order valence-electron chi connectivity index (χ0n) is 30.6. The molecule has 57 heavy (non-hydrogen) atoms. The van der Waals surface area contributed by atoms with Crippen molar-refractivity contribution < 1.29 is 89.1 Å². The van der Waals surface area contributed by atoms with Crippen molar-refractivity contribution in [3.63, 3.8) is 0 Å². The Bertz CT molecular complexity index is 2780. The second-order valence-electron chi connectivity index (χ2n) is 11.7. The molecule has 6 rings (SSSR count). The van der Waals surface area contributed by atoms with Crippen LogP contribution in [0.25, 0.3) is 16.5 Å². The summed E-state index contributed by atoms with van der Waals surface area (Å²) in [5, 5.41) is 61.0. The molecular weight excluding hydrogens is 832 g/mol. The van der Waals surface area contributed by atoms with Crippen molar-refractivity contribution in [3.8, 4) is 22.9 Å². The van der Waals surface area contributed by atoms with Gasteiger partial charge in [0.2, 0.25) is 10.0 Å². The molecule has 0 saturated carbocycles. The number of hydrogen-bond acceptors (Lipinski definition) is 13. The molecule has 5 N–H and O–H groups in total. The number of aromatic nitrogens is 2. The van der Waals surface area contributed by atoms with Gasteiger partial charge in [-0.15, -0.1) is 5.11 Å². The Morgan fingerprint density at radius 1 is 0.895 bits per heavy atom. The fourth-order valence-electron chi connectivity index (χ4n) is 5.05. The Balaban J connectivity index is 0.000000299. The number of non-ortho nitro benzene ring substituents is 1. The predicted octanol–water partition coefficient (Wildman–Crippen LogP) is 1.78. The van der Waals surface area contributed by atoms with Gasteiger partial charge in [-0.2, -0.15) is 5.11 Å². The van der Waals surface area contributed by atoms with Crippen LogP contribution in [0.2, 0.25) is 0 Å². The average molecular weight is 864 g/mol. The fraction of sp³-hybridized carbons (Fsp3) is 0.114. The van der Waals surface area contributed by atoms with Crippen molar-refractivity contribution in [1.82, 2.24) is 9.78 Å². The monoisotopic (exact) mass is 863 g/mol. The zero-order chi connectivity index (χ0) is 40.1. The number of phenolic OH excluding ortho intramolecular Hbond substituents is 2. The van der Waals surface area contributed by atoms with Gasteiger partial charge in [-0.3, -0.25) is 24.7 Å². The van der Waals surface area contributed by atoms with Crippen molar-refractivity contribution in [2.75, 3.05) is 16.7 Å². The molecule has 0 fully saturated rings. The summed E-state index contributed by atoms with van der Waals surface area (Å²) in [5.74, 6) is -1.13. The number of sulfone groups is 1. The van der Waals surface area contributed by atoms with Crippen LogP contribution in [0.3, 0.4) is 0 Å². The molecule has 22 heteroatoms. The van der Waals surface area contributed by atoms with Crippen molar-refractivity contribution >= 4 is 64.8 Å². The number of rotatable bonds is 10. The predicted molar refractivity (Wildman–Crippen MR) is 200 cm³/mol. The molecule has 0 atom stereocenters. The summed E-state index contributed by atoms with van der Waals surface area (Å²) >= 11 is 0. The number of para-hydroxylation sites is 1. The number of benzene rings is 5. The first-order chi connectivity index (χ1) is 26.0. The number of nitrogens with one attached hydrogen (secondary N) is 3. The van der Waals surface area contributed by atoms with E-state index < -0.39 is 36.1 Å². The van der Waals surface area contributed by atoms with Gasteiger partial charge < -0.3 is 15.3 Å². The van der Waals surface area contributed by atoms with Crippen LogP contribution in [0.5, 0.6) is 17.2 Å². The molecule has 0 radical (unpaired) electrons. The first kappa shape index (κ1) is 46.0. The maximum absolute atomic E-state index is 12.5. The molecule has 0 aliphatic rings. The summed E-state index contributed by atoms with van der Waals surface area (Å²) in [7, 11) is -7.11. The first-order valence-corrected chi connectivity index (χ1v) is 19.5. The van der Waals surface area contributed by atoms with E-state index in [2.05, 4.69) is 30.3 Å². The van der Waals surface area contributed by atoms with E-state index in [1.807, 2.05) is 6.07 Å². The van der Waals surface area contributed by atoms with Crippen molar-refractivity contribution in [2.45, 2.75) is 18.7 Å². The number of hydrogen-bond donors (Lipinski definition) is 5. The Hall–Kier alpha value is -5.40. The molecule has 0 bridgehead atoms. The van der Waals surface area contributed by atoms with E-state index in [0.717, 1.165) is 24.5 Å². The van der Waals surface area contributed by atoms with Crippen LogP contribution in [-0.2, 0) is 37.2 Å². The van der Waals surface area contributed by atoms with Gasteiger partial charge in [-0.1, -0.05) is 60.3 Å². The third-order valence-corrected chi connectivity index (χ3v) is 10.1. The van der Waals surface area contributed by atoms with E-state index in [1.54, 1.807) is 49.4 Å². The summed E-state index contributed by atoms with van der Waals surface area (Å²) in [6.45, 7) is 3.14. The van der Waals surface area contributed by atoms with Crippen LogP contribution in [0, 0.1) is 17.0 Å². The molecule has 0 unspecified atom stereocenters. The van der Waals surface area contributed by atoms with Crippen LogP contribution >= 0.6 is 0 Å². The minimum Gasteiger partial charge on any atom is -0.871 e. The van der Waals surface area contributed by atoms with Crippen LogP contribution in [0.1, 0.15) is 12.6 Å². The van der Waals surface area contributed by atoms with E-state index in [0.29, 0.717) is 22.2 Å². The molecule has 6 aromatic rings. The van der Waals surface area contributed by atoms with Crippen LogP contribution in [0.4, 0.5) is 34.1 Å². The van der Waals surface area contributed by atoms with Crippen molar-refractivity contribution in [1.29, 1.82) is 0 Å². The minimum absolute atomic E-state index is 0. The maximum atomic E-state index is 12.5. The van der Waals surface area contributed by atoms with Gasteiger partial charge in [0.15, 0.2) is 27.0 Å². The van der Waals surface area contributed by atoms with E-state index in [9.17, 15) is 47.1 Å². The molecule has 0 aliphatic carbocycles. The van der Waals surface area contributed by atoms with E-state index in [1.165, 1.54) is 41.9 Å². The molecule has 1 aromatic heterocycles. The number of nitro groups is 1. The Morgan fingerprint density at radius 2 is 1.58 bits per heavy atom. The second-order valence-corrected chi connectivity index (χ2v) is 15.7. The summed E-state index contributed by atoms with van der Waals surface area (Å²) in [5.41, 5.74) is 0.418. The number of nitro benzene ring substituents is 1. The number of azo groups is 2. The summed E-state index contributed by atoms with van der Waals surface area (Å²) in [4.78, 5) is 22.6. The Morgan fingerprint density at radius 3 is 2.23 bits per heavy atom. The number of aromatic hydroxyl groups is 2. The number of sulfonamides is 1. The largest absolute Gasteiger partial charge is 1.00 e. The van der Waals surface area contributed by atoms with Gasteiger partial charge in [0.05, 0.1) is 50.0 Å². The first-order valence-electron chi connectivity index (χ1n) is 16.0. The SMILES string of the molecule is CCS(=O)(=O)c1ccc(O)c(N=[NH+]c2c(O)ccc3cccc(NS(C)(=O)=O)c23)c1.Cc1[nH]n(-c2ccccc2)c(=O)c1N=Nc1cc([N+](=O)[O-])ccc1[O-].[Cr].[Na+]. The molecule has 290 valence electrons. The number of anilines is 1. The van der Waals surface area contributed by atoms with Crippen molar-refractivity contribution in [3.05, 3.63) is 123 Å². The Kier molecular flexibility index (Phi) is 15.5. The topological polar surface area (TPSA) is 276 Å². The zero-order valence-corrected chi connectivity index (χ0v) is 35.5. The van der Waals surface area contributed by atoms with Gasteiger partial charge in [-0.25, -0.2) is 21.5 Å². The van der Waals surface area contributed by atoms with E-state index in [-0.39, 0.29) is 103 Å². The quantitative estimate of drug-likeness (QED) is 0.0438. The molecule has 18 nitrogen and oxygen atoms in total. The van der Waals surface area contributed by atoms with Crippen LogP contribution in [-0.4, -0.2) is 53.8 Å². The molecule has 0 aliphatic heterocycles. The second kappa shape index (κ2) is 19.2. The van der Waals surface area contributed by atoms with Crippen LogP contribution < -0.4 is 50.1 Å². The molecule has 0 amide bonds. The number of nitrogens with zero attached hydrogens (tertiary/aromatic N) is 5. The summed E-state index contributed by atoms with van der Waals surface area (Å²) < 4.78 is 51.3. The summed E-state index contributed by atoms with van der Waals surface area (Å²) in [6, 6.07) is 23.6. The third-order valence-electron chi connectivity index (χ3n) is 7.76. The standard InChI is InChI=1S/C19H19N3O6S2.C16H13N5O4.Cr.Na/c1-3-30(27,28)13-8-10-16(23)15(11-13)20-21-19-17(24)9-7-12-5-4-6-14(18(12)19)22-29(2,25)26;1-10-15(16(23)20(19-10)11-5-3-2-4-6-11)18-17-13-9-12(21(24)25)7-8-14(13)22;;/h4-11,22-24H,3H2,1-2H3;2-9,19,22H,1H3;;/q;;;+1. The molecule has 0 saturated heterocycles. The Labute approximate surface area is 358 Å². The number of phenols is 2. The van der Waals surface area contributed by atoms with Gasteiger partial charge in [0.1, 0.15) is 5.75 Å². The average Bonchev–Trinajstić information content (AvgIpc) is 3.43.